The Kier molecular flexibility index (Phi) is 5.25. The smallest absolute Gasteiger partial charge is 0.240 e. The molecule has 1 rings (SSSR count). The molecular formula is C15H18F2N2O2. The topological polar surface area (TPSA) is 62.1 Å². The van der Waals surface area contributed by atoms with E-state index in [9.17, 15) is 13.6 Å². The first kappa shape index (κ1) is 16.9. The summed E-state index contributed by atoms with van der Waals surface area (Å²) in [5.41, 5.74) is -0.539. The van der Waals surface area contributed by atoms with Gasteiger partial charge in [0.2, 0.25) is 5.91 Å². The minimum Gasteiger partial charge on any atom is -0.468 e. The Morgan fingerprint density at radius 1 is 1.38 bits per heavy atom. The number of amides is 1. The first-order chi connectivity index (χ1) is 9.65. The van der Waals surface area contributed by atoms with E-state index < -0.39 is 35.1 Å². The number of carbonyl (C=O) groups excluding carboxylic acids is 1. The van der Waals surface area contributed by atoms with Crippen LogP contribution in [0.2, 0.25) is 0 Å². The van der Waals surface area contributed by atoms with Crippen molar-refractivity contribution in [1.29, 1.82) is 5.26 Å². The molecule has 1 N–H and O–H groups in total. The summed E-state index contributed by atoms with van der Waals surface area (Å²) in [6, 6.07) is 4.73. The second-order valence-corrected chi connectivity index (χ2v) is 5.77. The molecule has 0 bridgehead atoms. The summed E-state index contributed by atoms with van der Waals surface area (Å²) in [4.78, 5) is 12.0. The minimum atomic E-state index is -0.896. The number of halogens is 2. The fraction of sp³-hybridized carbons (Fsp3) is 0.467. The highest BCUT2D eigenvalue weighted by atomic mass is 19.1. The number of hydrogen-bond acceptors (Lipinski definition) is 3. The highest BCUT2D eigenvalue weighted by Gasteiger charge is 2.32. The van der Waals surface area contributed by atoms with Crippen LogP contribution in [0, 0.1) is 34.3 Å². The van der Waals surface area contributed by atoms with E-state index in [1.807, 2.05) is 6.07 Å². The molecule has 0 fully saturated rings. The van der Waals surface area contributed by atoms with Gasteiger partial charge in [-0.1, -0.05) is 20.8 Å². The van der Waals surface area contributed by atoms with Crippen molar-refractivity contribution in [2.75, 3.05) is 0 Å². The van der Waals surface area contributed by atoms with Crippen molar-refractivity contribution in [3.8, 4) is 11.8 Å². The molecule has 0 radical (unpaired) electrons. The Bertz CT molecular complexity index is 562. The predicted octanol–water partition coefficient (Wildman–Crippen LogP) is 2.99. The lowest BCUT2D eigenvalue weighted by atomic mass is 9.81. The molecule has 6 heteroatoms. The van der Waals surface area contributed by atoms with Gasteiger partial charge >= 0.3 is 0 Å². The lowest BCUT2D eigenvalue weighted by Gasteiger charge is -2.25. The summed E-state index contributed by atoms with van der Waals surface area (Å²) in [7, 11) is 0. The van der Waals surface area contributed by atoms with Crippen molar-refractivity contribution in [2.24, 2.45) is 11.3 Å². The van der Waals surface area contributed by atoms with E-state index in [1.54, 1.807) is 20.8 Å². The summed E-state index contributed by atoms with van der Waals surface area (Å²) >= 11 is 0. The molecule has 0 spiro atoms. The molecule has 0 aliphatic carbocycles. The van der Waals surface area contributed by atoms with Crippen LogP contribution in [0.5, 0.6) is 5.75 Å². The molecule has 2 atom stereocenters. The second-order valence-electron chi connectivity index (χ2n) is 5.77. The molecule has 0 saturated carbocycles. The molecular weight excluding hydrogens is 278 g/mol. The number of nitrogens with one attached hydrogen (secondary N) is 1. The third kappa shape index (κ3) is 4.71. The van der Waals surface area contributed by atoms with E-state index in [4.69, 9.17) is 10.00 Å². The van der Waals surface area contributed by atoms with Crippen LogP contribution in [0.25, 0.3) is 0 Å². The maximum absolute atomic E-state index is 13.4. The van der Waals surface area contributed by atoms with Crippen LogP contribution in [-0.2, 0) is 4.79 Å². The first-order valence-electron chi connectivity index (χ1n) is 6.47. The van der Waals surface area contributed by atoms with Crippen molar-refractivity contribution >= 4 is 5.91 Å². The van der Waals surface area contributed by atoms with Crippen molar-refractivity contribution < 1.29 is 18.3 Å². The normalized spacial score (nSPS) is 14.0. The van der Waals surface area contributed by atoms with Gasteiger partial charge in [0, 0.05) is 6.07 Å². The quantitative estimate of drug-likeness (QED) is 0.869. The molecule has 0 saturated heterocycles. The van der Waals surface area contributed by atoms with E-state index in [1.165, 1.54) is 6.92 Å². The maximum Gasteiger partial charge on any atom is 0.240 e. The second kappa shape index (κ2) is 6.53. The zero-order valence-corrected chi connectivity index (χ0v) is 12.4. The van der Waals surface area contributed by atoms with Gasteiger partial charge in [0.15, 0.2) is 17.8 Å². The summed E-state index contributed by atoms with van der Waals surface area (Å²) in [6.07, 6.45) is -0.896. The Morgan fingerprint density at radius 2 is 2.00 bits per heavy atom. The third-order valence-corrected chi connectivity index (χ3v) is 2.80. The van der Waals surface area contributed by atoms with Crippen LogP contribution in [0.4, 0.5) is 8.78 Å². The van der Waals surface area contributed by atoms with Crippen LogP contribution in [0.15, 0.2) is 18.2 Å². The number of hydrogen-bond donors (Lipinski definition) is 1. The molecule has 114 valence electrons. The highest BCUT2D eigenvalue weighted by Crippen LogP contribution is 2.25. The Labute approximate surface area is 122 Å². The van der Waals surface area contributed by atoms with Gasteiger partial charge in [-0.25, -0.2) is 8.78 Å². The minimum absolute atomic E-state index is 0.299. The molecule has 4 nitrogen and oxygen atoms in total. The first-order valence-corrected chi connectivity index (χ1v) is 6.47. The number of nitriles is 1. The number of rotatable bonds is 4. The molecule has 0 aliphatic heterocycles. The monoisotopic (exact) mass is 296 g/mol. The Hall–Kier alpha value is -2.16. The third-order valence-electron chi connectivity index (χ3n) is 2.80. The summed E-state index contributed by atoms with van der Waals surface area (Å²) < 4.78 is 31.6. The van der Waals surface area contributed by atoms with Gasteiger partial charge in [-0.15, -0.1) is 0 Å². The molecule has 0 aliphatic rings. The maximum atomic E-state index is 13.4. The zero-order chi connectivity index (χ0) is 16.2. The number of ether oxygens (including phenoxy) is 1. The highest BCUT2D eigenvalue weighted by molar-refractivity contribution is 5.82. The van der Waals surface area contributed by atoms with E-state index in [0.717, 1.165) is 18.2 Å². The SMILES string of the molecule is C[C@H](NC(=O)C(C#N)C(C)(C)C)Oc1cc(F)ccc1F. The number of benzene rings is 1. The van der Waals surface area contributed by atoms with E-state index in [-0.39, 0.29) is 5.75 Å². The molecule has 1 aromatic rings. The molecule has 21 heavy (non-hydrogen) atoms. The van der Waals surface area contributed by atoms with Crippen LogP contribution >= 0.6 is 0 Å². The summed E-state index contributed by atoms with van der Waals surface area (Å²) in [5, 5.41) is 11.5. The average molecular weight is 296 g/mol. The molecule has 0 heterocycles. The van der Waals surface area contributed by atoms with Crippen molar-refractivity contribution in [2.45, 2.75) is 33.9 Å². The lowest BCUT2D eigenvalue weighted by molar-refractivity contribution is -0.128. The van der Waals surface area contributed by atoms with Crippen molar-refractivity contribution in [3.05, 3.63) is 29.8 Å². The van der Waals surface area contributed by atoms with Crippen molar-refractivity contribution in [1.82, 2.24) is 5.32 Å². The van der Waals surface area contributed by atoms with Gasteiger partial charge in [-0.2, -0.15) is 5.26 Å². The zero-order valence-electron chi connectivity index (χ0n) is 12.4. The van der Waals surface area contributed by atoms with Gasteiger partial charge in [0.05, 0.1) is 6.07 Å². The fourth-order valence-electron chi connectivity index (χ4n) is 1.72. The van der Waals surface area contributed by atoms with Gasteiger partial charge in [-0.3, -0.25) is 4.79 Å². The Balaban J connectivity index is 2.74. The van der Waals surface area contributed by atoms with Crippen LogP contribution in [-0.4, -0.2) is 12.1 Å². The summed E-state index contributed by atoms with van der Waals surface area (Å²) in [6.45, 7) is 6.76. The van der Waals surface area contributed by atoms with Gasteiger partial charge in [-0.05, 0) is 24.5 Å². The average Bonchev–Trinajstić information content (AvgIpc) is 2.32. The van der Waals surface area contributed by atoms with Crippen molar-refractivity contribution in [3.63, 3.8) is 0 Å². The van der Waals surface area contributed by atoms with Crippen LogP contribution < -0.4 is 10.1 Å². The molecule has 1 amide bonds. The van der Waals surface area contributed by atoms with Crippen LogP contribution in [0.3, 0.4) is 0 Å². The molecule has 1 aromatic carbocycles. The lowest BCUT2D eigenvalue weighted by Crippen LogP contribution is -2.43. The number of nitrogens with zero attached hydrogens (tertiary/aromatic N) is 1. The van der Waals surface area contributed by atoms with E-state index in [0.29, 0.717) is 0 Å². The summed E-state index contributed by atoms with van der Waals surface area (Å²) in [5.74, 6) is -3.07. The fourth-order valence-corrected chi connectivity index (χ4v) is 1.72. The Morgan fingerprint density at radius 3 is 2.52 bits per heavy atom. The largest absolute Gasteiger partial charge is 0.468 e. The van der Waals surface area contributed by atoms with E-state index >= 15 is 0 Å². The predicted molar refractivity (Wildman–Crippen MR) is 73.1 cm³/mol. The molecule has 0 aromatic heterocycles. The number of carbonyl (C=O) groups is 1. The van der Waals surface area contributed by atoms with Gasteiger partial charge in [0.1, 0.15) is 11.7 Å². The van der Waals surface area contributed by atoms with Gasteiger partial charge < -0.3 is 10.1 Å². The van der Waals surface area contributed by atoms with E-state index in [2.05, 4.69) is 5.32 Å². The van der Waals surface area contributed by atoms with Gasteiger partial charge in [0.25, 0.3) is 0 Å². The van der Waals surface area contributed by atoms with Crippen LogP contribution in [0.1, 0.15) is 27.7 Å². The molecule has 1 unspecified atom stereocenters. The standard InChI is InChI=1S/C15H18F2N2O2/c1-9(19-14(20)11(8-18)15(2,3)4)21-13-7-10(16)5-6-12(13)17/h5-7,9,11H,1-4H3,(H,19,20)/t9-,11?/m1/s1.